The van der Waals surface area contributed by atoms with Crippen molar-refractivity contribution in [3.05, 3.63) is 41.6 Å². The van der Waals surface area contributed by atoms with Crippen LogP contribution >= 0.6 is 0 Å². The molecule has 0 fully saturated rings. The number of alkyl halides is 3. The van der Waals surface area contributed by atoms with E-state index in [1.165, 1.54) is 6.92 Å². The Hall–Kier alpha value is -2.31. The molecule has 4 nitrogen and oxygen atoms in total. The van der Waals surface area contributed by atoms with Crippen LogP contribution in [0.3, 0.4) is 0 Å². The molecule has 7 heteroatoms. The van der Waals surface area contributed by atoms with Gasteiger partial charge in [0.05, 0.1) is 6.61 Å². The van der Waals surface area contributed by atoms with Crippen molar-refractivity contribution >= 4 is 5.97 Å². The first-order valence-corrected chi connectivity index (χ1v) is 5.83. The van der Waals surface area contributed by atoms with Crippen LogP contribution in [-0.4, -0.2) is 22.8 Å². The lowest BCUT2D eigenvalue weighted by Gasteiger charge is -2.08. The van der Waals surface area contributed by atoms with Crippen LogP contribution in [0, 0.1) is 0 Å². The van der Waals surface area contributed by atoms with Crippen LogP contribution in [0.2, 0.25) is 0 Å². The lowest BCUT2D eigenvalue weighted by Crippen LogP contribution is -2.14. The van der Waals surface area contributed by atoms with Gasteiger partial charge in [-0.25, -0.2) is 4.79 Å². The number of halogens is 3. The Morgan fingerprint density at radius 1 is 1.30 bits per heavy atom. The monoisotopic (exact) mass is 284 g/mol. The molecule has 0 unspecified atom stereocenters. The van der Waals surface area contributed by atoms with E-state index >= 15 is 0 Å². The van der Waals surface area contributed by atoms with Crippen molar-refractivity contribution in [2.24, 2.45) is 0 Å². The standard InChI is InChI=1S/C13H11F3N2O2/c1-2-20-12(19)9-10(8-6-4-3-5-7-8)17-18-11(9)13(14,15)16/h3-7H,2H2,1H3,(H,17,18). The Kier molecular flexibility index (Phi) is 3.78. The van der Waals surface area contributed by atoms with Crippen molar-refractivity contribution in [2.45, 2.75) is 13.1 Å². The van der Waals surface area contributed by atoms with Gasteiger partial charge in [0, 0.05) is 5.56 Å². The fourth-order valence-corrected chi connectivity index (χ4v) is 1.75. The highest BCUT2D eigenvalue weighted by Gasteiger charge is 2.40. The Morgan fingerprint density at radius 2 is 1.95 bits per heavy atom. The fraction of sp³-hybridized carbons (Fsp3) is 0.231. The number of H-pyrrole nitrogens is 1. The van der Waals surface area contributed by atoms with Gasteiger partial charge in [0.15, 0.2) is 5.69 Å². The number of nitrogens with one attached hydrogen (secondary N) is 1. The summed E-state index contributed by atoms with van der Waals surface area (Å²) in [6, 6.07) is 8.14. The maximum absolute atomic E-state index is 12.9. The van der Waals surface area contributed by atoms with E-state index in [9.17, 15) is 18.0 Å². The number of aromatic amines is 1. The van der Waals surface area contributed by atoms with E-state index in [4.69, 9.17) is 0 Å². The SMILES string of the molecule is CCOC(=O)c1c(-c2ccccc2)n[nH]c1C(F)(F)F. The predicted molar refractivity (Wildman–Crippen MR) is 65.0 cm³/mol. The largest absolute Gasteiger partial charge is 0.462 e. The summed E-state index contributed by atoms with van der Waals surface area (Å²) in [4.78, 5) is 11.8. The number of aromatic nitrogens is 2. The molecule has 0 aliphatic rings. The molecule has 1 heterocycles. The maximum Gasteiger partial charge on any atom is 0.433 e. The number of carbonyl (C=O) groups excluding carboxylic acids is 1. The Bertz CT molecular complexity index is 606. The Balaban J connectivity index is 2.59. The molecule has 0 atom stereocenters. The van der Waals surface area contributed by atoms with Crippen LogP contribution in [0.1, 0.15) is 23.0 Å². The normalized spacial score (nSPS) is 11.4. The molecule has 2 aromatic rings. The number of hydrogen-bond donors (Lipinski definition) is 1. The minimum absolute atomic E-state index is 0.0183. The van der Waals surface area contributed by atoms with Crippen molar-refractivity contribution in [3.63, 3.8) is 0 Å². The zero-order valence-corrected chi connectivity index (χ0v) is 10.5. The van der Waals surface area contributed by atoms with Crippen LogP contribution in [-0.2, 0) is 10.9 Å². The second kappa shape index (κ2) is 5.36. The average molecular weight is 284 g/mol. The summed E-state index contributed by atoms with van der Waals surface area (Å²) in [5.74, 6) is -1.05. The molecule has 0 saturated heterocycles. The number of hydrogen-bond acceptors (Lipinski definition) is 3. The molecule has 0 amide bonds. The molecule has 0 aliphatic heterocycles. The molecule has 2 rings (SSSR count). The van der Waals surface area contributed by atoms with Gasteiger partial charge < -0.3 is 4.74 Å². The van der Waals surface area contributed by atoms with Crippen molar-refractivity contribution < 1.29 is 22.7 Å². The molecule has 0 aliphatic carbocycles. The summed E-state index contributed by atoms with van der Waals surface area (Å²) < 4.78 is 43.4. The summed E-state index contributed by atoms with van der Waals surface area (Å²) in [6.07, 6.45) is -4.71. The van der Waals surface area contributed by atoms with Gasteiger partial charge in [-0.3, -0.25) is 5.10 Å². The van der Waals surface area contributed by atoms with Gasteiger partial charge in [-0.05, 0) is 6.92 Å². The third kappa shape index (κ3) is 2.66. The molecular formula is C13H11F3N2O2. The summed E-state index contributed by atoms with van der Waals surface area (Å²) in [7, 11) is 0. The van der Waals surface area contributed by atoms with Gasteiger partial charge in [-0.1, -0.05) is 30.3 Å². The first-order chi connectivity index (χ1) is 9.45. The number of carbonyl (C=O) groups is 1. The molecule has 1 N–H and O–H groups in total. The molecule has 1 aromatic heterocycles. The van der Waals surface area contributed by atoms with Gasteiger partial charge in [0.25, 0.3) is 0 Å². The minimum Gasteiger partial charge on any atom is -0.462 e. The van der Waals surface area contributed by atoms with Crippen molar-refractivity contribution in [1.29, 1.82) is 0 Å². The average Bonchev–Trinajstić information content (AvgIpc) is 2.84. The molecular weight excluding hydrogens is 273 g/mol. The first kappa shape index (κ1) is 14.1. The second-order valence-electron chi connectivity index (χ2n) is 3.91. The number of benzene rings is 1. The zero-order chi connectivity index (χ0) is 14.8. The van der Waals surface area contributed by atoms with Crippen molar-refractivity contribution in [2.75, 3.05) is 6.61 Å². The lowest BCUT2D eigenvalue weighted by atomic mass is 10.1. The van der Waals surface area contributed by atoms with E-state index in [0.29, 0.717) is 5.56 Å². The van der Waals surface area contributed by atoms with E-state index < -0.39 is 23.4 Å². The quantitative estimate of drug-likeness (QED) is 0.880. The summed E-state index contributed by atoms with van der Waals surface area (Å²) >= 11 is 0. The minimum atomic E-state index is -4.71. The van der Waals surface area contributed by atoms with Gasteiger partial charge in [0.2, 0.25) is 0 Å². The van der Waals surface area contributed by atoms with E-state index in [2.05, 4.69) is 9.84 Å². The predicted octanol–water partition coefficient (Wildman–Crippen LogP) is 3.27. The fourth-order valence-electron chi connectivity index (χ4n) is 1.75. The summed E-state index contributed by atoms with van der Waals surface area (Å²) in [6.45, 7) is 1.50. The second-order valence-corrected chi connectivity index (χ2v) is 3.91. The lowest BCUT2D eigenvalue weighted by molar-refractivity contribution is -0.141. The molecule has 0 spiro atoms. The summed E-state index contributed by atoms with van der Waals surface area (Å²) in [5.41, 5.74) is -1.46. The Morgan fingerprint density at radius 3 is 2.50 bits per heavy atom. The highest BCUT2D eigenvalue weighted by molar-refractivity contribution is 5.97. The topological polar surface area (TPSA) is 55.0 Å². The molecule has 0 saturated carbocycles. The zero-order valence-electron chi connectivity index (χ0n) is 10.5. The first-order valence-electron chi connectivity index (χ1n) is 5.83. The number of ether oxygens (including phenoxy) is 1. The van der Waals surface area contributed by atoms with Crippen LogP contribution in [0.4, 0.5) is 13.2 Å². The van der Waals surface area contributed by atoms with Gasteiger partial charge in [-0.2, -0.15) is 18.3 Å². The van der Waals surface area contributed by atoms with Crippen LogP contribution in [0.15, 0.2) is 30.3 Å². The highest BCUT2D eigenvalue weighted by atomic mass is 19.4. The van der Waals surface area contributed by atoms with E-state index in [0.717, 1.165) is 0 Å². The molecule has 20 heavy (non-hydrogen) atoms. The van der Waals surface area contributed by atoms with Gasteiger partial charge >= 0.3 is 12.1 Å². The highest BCUT2D eigenvalue weighted by Crippen LogP contribution is 2.35. The number of rotatable bonds is 3. The van der Waals surface area contributed by atoms with Crippen LogP contribution < -0.4 is 0 Å². The number of nitrogens with zero attached hydrogens (tertiary/aromatic N) is 1. The van der Waals surface area contributed by atoms with Gasteiger partial charge in [-0.15, -0.1) is 0 Å². The summed E-state index contributed by atoms with van der Waals surface area (Å²) in [5, 5.41) is 5.49. The van der Waals surface area contributed by atoms with E-state index in [-0.39, 0.29) is 12.3 Å². The van der Waals surface area contributed by atoms with Crippen LogP contribution in [0.25, 0.3) is 11.3 Å². The smallest absolute Gasteiger partial charge is 0.433 e. The molecule has 106 valence electrons. The third-order valence-corrected chi connectivity index (χ3v) is 2.58. The van der Waals surface area contributed by atoms with Crippen molar-refractivity contribution in [3.8, 4) is 11.3 Å². The molecule has 0 bridgehead atoms. The van der Waals surface area contributed by atoms with Crippen LogP contribution in [0.5, 0.6) is 0 Å². The number of esters is 1. The Labute approximate surface area is 112 Å². The van der Waals surface area contributed by atoms with Gasteiger partial charge in [0.1, 0.15) is 11.3 Å². The molecule has 1 aromatic carbocycles. The molecule has 0 radical (unpaired) electrons. The maximum atomic E-state index is 12.9. The third-order valence-electron chi connectivity index (χ3n) is 2.58. The van der Waals surface area contributed by atoms with E-state index in [1.54, 1.807) is 30.3 Å². The van der Waals surface area contributed by atoms with Crippen molar-refractivity contribution in [1.82, 2.24) is 10.2 Å². The van der Waals surface area contributed by atoms with E-state index in [1.807, 2.05) is 5.10 Å².